The average Bonchev–Trinajstić information content (AvgIpc) is 2.89. The van der Waals surface area contributed by atoms with Crippen LogP contribution in [0.2, 0.25) is 5.02 Å². The fraction of sp³-hybridized carbons (Fsp3) is 0.118. The van der Waals surface area contributed by atoms with Gasteiger partial charge in [0.25, 0.3) is 10.0 Å². The molecule has 0 saturated heterocycles. The molecule has 24 heavy (non-hydrogen) atoms. The van der Waals surface area contributed by atoms with Crippen LogP contribution >= 0.6 is 11.6 Å². The zero-order valence-corrected chi connectivity index (χ0v) is 14.6. The van der Waals surface area contributed by atoms with E-state index in [4.69, 9.17) is 11.6 Å². The lowest BCUT2D eigenvalue weighted by atomic mass is 10.2. The Morgan fingerprint density at radius 1 is 1.08 bits per heavy atom. The van der Waals surface area contributed by atoms with Crippen molar-refractivity contribution in [3.8, 4) is 0 Å². The van der Waals surface area contributed by atoms with E-state index in [0.717, 1.165) is 11.3 Å². The molecule has 0 fully saturated rings. The predicted octanol–water partition coefficient (Wildman–Crippen LogP) is 3.69. The van der Waals surface area contributed by atoms with Crippen LogP contribution < -0.4 is 4.72 Å². The number of hydrogen-bond acceptors (Lipinski definition) is 3. The summed E-state index contributed by atoms with van der Waals surface area (Å²) in [5, 5.41) is 5.00. The van der Waals surface area contributed by atoms with Crippen molar-refractivity contribution < 1.29 is 8.42 Å². The molecule has 0 bridgehead atoms. The van der Waals surface area contributed by atoms with E-state index >= 15 is 0 Å². The van der Waals surface area contributed by atoms with Crippen LogP contribution in [-0.2, 0) is 16.6 Å². The van der Waals surface area contributed by atoms with E-state index in [9.17, 15) is 8.42 Å². The normalized spacial score (nSPS) is 11.4. The number of sulfonamides is 1. The highest BCUT2D eigenvalue weighted by molar-refractivity contribution is 7.92. The molecule has 0 unspecified atom stereocenters. The lowest BCUT2D eigenvalue weighted by molar-refractivity contribution is 0.600. The molecule has 1 heterocycles. The van der Waals surface area contributed by atoms with Gasteiger partial charge >= 0.3 is 0 Å². The van der Waals surface area contributed by atoms with Crippen molar-refractivity contribution in [2.75, 3.05) is 4.72 Å². The SMILES string of the molecule is Cc1cc(NS(=O)(=O)c2ccccc2)nn1Cc1ccc(Cl)cc1. The van der Waals surface area contributed by atoms with Crippen molar-refractivity contribution >= 4 is 27.4 Å². The molecule has 0 spiro atoms. The van der Waals surface area contributed by atoms with Gasteiger partial charge in [-0.15, -0.1) is 0 Å². The summed E-state index contributed by atoms with van der Waals surface area (Å²) in [6, 6.07) is 17.4. The van der Waals surface area contributed by atoms with Crippen LogP contribution in [0.1, 0.15) is 11.3 Å². The summed E-state index contributed by atoms with van der Waals surface area (Å²) in [7, 11) is -3.64. The fourth-order valence-corrected chi connectivity index (χ4v) is 3.41. The summed E-state index contributed by atoms with van der Waals surface area (Å²) in [6.45, 7) is 2.42. The molecule has 0 radical (unpaired) electrons. The van der Waals surface area contributed by atoms with E-state index in [1.54, 1.807) is 41.1 Å². The van der Waals surface area contributed by atoms with Gasteiger partial charge in [-0.1, -0.05) is 41.9 Å². The second-order valence-corrected chi connectivity index (χ2v) is 7.49. The molecule has 124 valence electrons. The Hall–Kier alpha value is -2.31. The summed E-state index contributed by atoms with van der Waals surface area (Å²) >= 11 is 5.88. The van der Waals surface area contributed by atoms with E-state index < -0.39 is 10.0 Å². The highest BCUT2D eigenvalue weighted by atomic mass is 35.5. The molecule has 0 aliphatic heterocycles. The third kappa shape index (κ3) is 3.77. The maximum Gasteiger partial charge on any atom is 0.263 e. The van der Waals surface area contributed by atoms with Gasteiger partial charge < -0.3 is 0 Å². The number of hydrogen-bond donors (Lipinski definition) is 1. The first-order valence-electron chi connectivity index (χ1n) is 7.31. The van der Waals surface area contributed by atoms with Gasteiger partial charge in [-0.3, -0.25) is 9.40 Å². The predicted molar refractivity (Wildman–Crippen MR) is 94.8 cm³/mol. The van der Waals surface area contributed by atoms with Gasteiger partial charge in [0.1, 0.15) is 0 Å². The van der Waals surface area contributed by atoms with Crippen molar-refractivity contribution in [2.24, 2.45) is 0 Å². The highest BCUT2D eigenvalue weighted by Gasteiger charge is 2.16. The molecular formula is C17H16ClN3O2S. The molecule has 2 aromatic carbocycles. The number of halogens is 1. The van der Waals surface area contributed by atoms with Gasteiger partial charge in [-0.25, -0.2) is 8.42 Å². The van der Waals surface area contributed by atoms with Crippen LogP contribution in [0.15, 0.2) is 65.6 Å². The maximum absolute atomic E-state index is 12.3. The van der Waals surface area contributed by atoms with Gasteiger partial charge in [0.2, 0.25) is 0 Å². The standard InChI is InChI=1S/C17H16ClN3O2S/c1-13-11-17(20-24(22,23)16-5-3-2-4-6-16)19-21(13)12-14-7-9-15(18)10-8-14/h2-11H,12H2,1H3,(H,19,20). The van der Waals surface area contributed by atoms with E-state index in [1.165, 1.54) is 0 Å². The van der Waals surface area contributed by atoms with Crippen molar-refractivity contribution in [2.45, 2.75) is 18.4 Å². The Morgan fingerprint density at radius 2 is 1.75 bits per heavy atom. The minimum absolute atomic E-state index is 0.204. The average molecular weight is 362 g/mol. The Labute approximate surface area is 145 Å². The molecule has 1 aromatic heterocycles. The number of aromatic nitrogens is 2. The molecule has 3 rings (SSSR count). The summed E-state index contributed by atoms with van der Waals surface area (Å²) in [6.07, 6.45) is 0. The molecule has 7 heteroatoms. The number of benzene rings is 2. The number of aryl methyl sites for hydroxylation is 1. The quantitative estimate of drug-likeness (QED) is 0.753. The van der Waals surface area contributed by atoms with Crippen LogP contribution in [0.5, 0.6) is 0 Å². The van der Waals surface area contributed by atoms with Gasteiger partial charge in [0, 0.05) is 16.8 Å². The Balaban J connectivity index is 1.80. The second-order valence-electron chi connectivity index (χ2n) is 5.37. The first-order chi connectivity index (χ1) is 11.4. The van der Waals surface area contributed by atoms with E-state index in [1.807, 2.05) is 31.2 Å². The molecule has 0 saturated carbocycles. The van der Waals surface area contributed by atoms with E-state index in [2.05, 4.69) is 9.82 Å². The summed E-state index contributed by atoms with van der Waals surface area (Å²) < 4.78 is 28.9. The lowest BCUT2D eigenvalue weighted by Crippen LogP contribution is -2.13. The molecule has 5 nitrogen and oxygen atoms in total. The zero-order chi connectivity index (χ0) is 17.2. The summed E-state index contributed by atoms with van der Waals surface area (Å²) in [5.41, 5.74) is 1.89. The van der Waals surface area contributed by atoms with Crippen molar-refractivity contribution in [3.63, 3.8) is 0 Å². The van der Waals surface area contributed by atoms with E-state index in [0.29, 0.717) is 17.4 Å². The third-order valence-corrected chi connectivity index (χ3v) is 5.14. The van der Waals surface area contributed by atoms with E-state index in [-0.39, 0.29) is 4.90 Å². The molecule has 0 aliphatic rings. The van der Waals surface area contributed by atoms with Crippen molar-refractivity contribution in [1.82, 2.24) is 9.78 Å². The fourth-order valence-electron chi connectivity index (χ4n) is 2.28. The Morgan fingerprint density at radius 3 is 2.42 bits per heavy atom. The summed E-state index contributed by atoms with van der Waals surface area (Å²) in [5.74, 6) is 0.297. The van der Waals surface area contributed by atoms with Gasteiger partial charge in [-0.2, -0.15) is 5.10 Å². The molecule has 0 atom stereocenters. The minimum atomic E-state index is -3.64. The first kappa shape index (κ1) is 16.5. The molecule has 1 N–H and O–H groups in total. The van der Waals surface area contributed by atoms with Crippen LogP contribution in [0.3, 0.4) is 0 Å². The molecule has 3 aromatic rings. The van der Waals surface area contributed by atoms with Gasteiger partial charge in [-0.05, 0) is 36.8 Å². The molecule has 0 aliphatic carbocycles. The molecular weight excluding hydrogens is 346 g/mol. The van der Waals surface area contributed by atoms with Crippen LogP contribution in [0.4, 0.5) is 5.82 Å². The van der Waals surface area contributed by atoms with Crippen molar-refractivity contribution in [3.05, 3.63) is 76.9 Å². The largest absolute Gasteiger partial charge is 0.263 e. The summed E-state index contributed by atoms with van der Waals surface area (Å²) in [4.78, 5) is 0.204. The number of nitrogens with one attached hydrogen (secondary N) is 1. The lowest BCUT2D eigenvalue weighted by Gasteiger charge is -2.06. The topological polar surface area (TPSA) is 64.0 Å². The first-order valence-corrected chi connectivity index (χ1v) is 9.17. The Kier molecular flexibility index (Phi) is 4.59. The smallest absolute Gasteiger partial charge is 0.263 e. The third-order valence-electron chi connectivity index (χ3n) is 3.52. The van der Waals surface area contributed by atoms with Gasteiger partial charge in [0.05, 0.1) is 11.4 Å². The highest BCUT2D eigenvalue weighted by Crippen LogP contribution is 2.17. The zero-order valence-electron chi connectivity index (χ0n) is 13.0. The minimum Gasteiger partial charge on any atom is -0.263 e. The second kappa shape index (κ2) is 6.67. The number of nitrogens with zero attached hydrogens (tertiary/aromatic N) is 2. The monoisotopic (exact) mass is 361 g/mol. The van der Waals surface area contributed by atoms with Crippen LogP contribution in [-0.4, -0.2) is 18.2 Å². The van der Waals surface area contributed by atoms with Crippen molar-refractivity contribution in [1.29, 1.82) is 0 Å². The van der Waals surface area contributed by atoms with Gasteiger partial charge in [0.15, 0.2) is 5.82 Å². The van der Waals surface area contributed by atoms with Crippen LogP contribution in [0.25, 0.3) is 0 Å². The maximum atomic E-state index is 12.3. The van der Waals surface area contributed by atoms with Crippen LogP contribution in [0, 0.1) is 6.92 Å². The molecule has 0 amide bonds. The number of anilines is 1. The number of rotatable bonds is 5. The Bertz CT molecular complexity index is 936.